The SMILES string of the molecule is CCc1cc2c(NC(C(=O)O)C(C)CC)nc(C(C)C)nc2s1. The molecule has 0 saturated carbocycles. The van der Waals surface area contributed by atoms with E-state index in [1.807, 2.05) is 27.7 Å². The van der Waals surface area contributed by atoms with E-state index < -0.39 is 12.0 Å². The van der Waals surface area contributed by atoms with Gasteiger partial charge >= 0.3 is 5.97 Å². The molecule has 0 saturated heterocycles. The smallest absolute Gasteiger partial charge is 0.326 e. The van der Waals surface area contributed by atoms with Crippen LogP contribution in [-0.2, 0) is 11.2 Å². The summed E-state index contributed by atoms with van der Waals surface area (Å²) in [4.78, 5) is 23.0. The number of hydrogen-bond donors (Lipinski definition) is 2. The average molecular weight is 335 g/mol. The van der Waals surface area contributed by atoms with Crippen LogP contribution in [0.25, 0.3) is 10.2 Å². The Bertz CT molecular complexity index is 696. The Morgan fingerprint density at radius 2 is 2.00 bits per heavy atom. The van der Waals surface area contributed by atoms with Crippen molar-refractivity contribution in [3.05, 3.63) is 16.8 Å². The molecule has 2 heterocycles. The Morgan fingerprint density at radius 1 is 1.30 bits per heavy atom. The highest BCUT2D eigenvalue weighted by Gasteiger charge is 2.25. The number of rotatable bonds is 7. The number of thiophene rings is 1. The monoisotopic (exact) mass is 335 g/mol. The standard InChI is InChI=1S/C17H25N3O2S/c1-6-10(5)13(17(21)22)18-15-12-8-11(7-2)23-16(12)20-14(19-15)9(3)4/h8-10,13H,6-7H2,1-5H3,(H,21,22)(H,18,19,20). The van der Waals surface area contributed by atoms with Gasteiger partial charge in [0, 0.05) is 10.8 Å². The number of hydrogen-bond acceptors (Lipinski definition) is 5. The molecule has 6 heteroatoms. The lowest BCUT2D eigenvalue weighted by Crippen LogP contribution is -2.35. The van der Waals surface area contributed by atoms with Gasteiger partial charge in [-0.1, -0.05) is 41.0 Å². The van der Waals surface area contributed by atoms with Crippen LogP contribution in [-0.4, -0.2) is 27.1 Å². The van der Waals surface area contributed by atoms with Crippen molar-refractivity contribution in [3.8, 4) is 0 Å². The molecule has 2 unspecified atom stereocenters. The van der Waals surface area contributed by atoms with Gasteiger partial charge in [0.1, 0.15) is 22.5 Å². The van der Waals surface area contributed by atoms with E-state index in [2.05, 4.69) is 28.3 Å². The largest absolute Gasteiger partial charge is 0.480 e. The lowest BCUT2D eigenvalue weighted by atomic mass is 9.99. The van der Waals surface area contributed by atoms with Gasteiger partial charge in [-0.05, 0) is 18.4 Å². The number of carbonyl (C=O) groups is 1. The molecule has 2 aromatic heterocycles. The van der Waals surface area contributed by atoms with Gasteiger partial charge in [0.15, 0.2) is 0 Å². The van der Waals surface area contributed by atoms with E-state index >= 15 is 0 Å². The summed E-state index contributed by atoms with van der Waals surface area (Å²) in [5.41, 5.74) is 0. The van der Waals surface area contributed by atoms with Crippen molar-refractivity contribution < 1.29 is 9.90 Å². The van der Waals surface area contributed by atoms with Crippen LogP contribution < -0.4 is 5.32 Å². The zero-order valence-electron chi connectivity index (χ0n) is 14.4. The molecule has 0 aliphatic carbocycles. The van der Waals surface area contributed by atoms with Gasteiger partial charge in [-0.25, -0.2) is 14.8 Å². The third kappa shape index (κ3) is 3.80. The zero-order chi connectivity index (χ0) is 17.1. The van der Waals surface area contributed by atoms with Gasteiger partial charge < -0.3 is 10.4 Å². The molecule has 2 N–H and O–H groups in total. The highest BCUT2D eigenvalue weighted by atomic mass is 32.1. The van der Waals surface area contributed by atoms with Crippen LogP contribution in [0, 0.1) is 5.92 Å². The molecule has 0 bridgehead atoms. The fourth-order valence-corrected chi connectivity index (χ4v) is 3.33. The van der Waals surface area contributed by atoms with E-state index in [1.165, 1.54) is 4.88 Å². The first-order valence-electron chi connectivity index (χ1n) is 8.17. The number of carboxylic acids is 1. The van der Waals surface area contributed by atoms with E-state index in [0.29, 0.717) is 5.82 Å². The third-order valence-electron chi connectivity index (χ3n) is 4.10. The van der Waals surface area contributed by atoms with E-state index in [0.717, 1.165) is 28.9 Å². The van der Waals surface area contributed by atoms with Gasteiger partial charge in [0.2, 0.25) is 0 Å². The van der Waals surface area contributed by atoms with Crippen LogP contribution in [0.4, 0.5) is 5.82 Å². The summed E-state index contributed by atoms with van der Waals surface area (Å²) in [5, 5.41) is 13.6. The van der Waals surface area contributed by atoms with Crippen molar-refractivity contribution in [2.45, 2.75) is 59.4 Å². The van der Waals surface area contributed by atoms with Crippen molar-refractivity contribution in [3.63, 3.8) is 0 Å². The number of fused-ring (bicyclic) bond motifs is 1. The molecule has 5 nitrogen and oxygen atoms in total. The first kappa shape index (κ1) is 17.7. The van der Waals surface area contributed by atoms with Gasteiger partial charge in [-0.3, -0.25) is 0 Å². The highest BCUT2D eigenvalue weighted by Crippen LogP contribution is 2.31. The van der Waals surface area contributed by atoms with E-state index in [9.17, 15) is 9.90 Å². The van der Waals surface area contributed by atoms with Crippen molar-refractivity contribution in [2.75, 3.05) is 5.32 Å². The van der Waals surface area contributed by atoms with E-state index in [4.69, 9.17) is 0 Å². The summed E-state index contributed by atoms with van der Waals surface area (Å²) in [6, 6.07) is 1.42. The number of nitrogens with zero attached hydrogens (tertiary/aromatic N) is 2. The summed E-state index contributed by atoms with van der Waals surface area (Å²) in [7, 11) is 0. The lowest BCUT2D eigenvalue weighted by Gasteiger charge is -2.21. The van der Waals surface area contributed by atoms with Crippen molar-refractivity contribution in [2.24, 2.45) is 5.92 Å². The minimum Gasteiger partial charge on any atom is -0.480 e. The van der Waals surface area contributed by atoms with Crippen LogP contribution in [0.1, 0.15) is 57.7 Å². The molecule has 2 rings (SSSR count). The number of aromatic nitrogens is 2. The lowest BCUT2D eigenvalue weighted by molar-refractivity contribution is -0.139. The predicted octanol–water partition coefficient (Wildman–Crippen LogP) is 4.29. The van der Waals surface area contributed by atoms with Gasteiger partial charge in [-0.2, -0.15) is 0 Å². The third-order valence-corrected chi connectivity index (χ3v) is 5.27. The molecule has 126 valence electrons. The van der Waals surface area contributed by atoms with E-state index in [1.54, 1.807) is 11.3 Å². The minimum absolute atomic E-state index is 0.0179. The number of nitrogens with one attached hydrogen (secondary N) is 1. The molecule has 0 aromatic carbocycles. The van der Waals surface area contributed by atoms with Gasteiger partial charge in [-0.15, -0.1) is 11.3 Å². The molecule has 0 fully saturated rings. The summed E-state index contributed by atoms with van der Waals surface area (Å²) in [6.07, 6.45) is 1.73. The minimum atomic E-state index is -0.844. The average Bonchev–Trinajstić information content (AvgIpc) is 2.94. The fourth-order valence-electron chi connectivity index (χ4n) is 2.36. The Morgan fingerprint density at radius 3 is 2.52 bits per heavy atom. The molecule has 0 spiro atoms. The molecule has 2 aromatic rings. The molecule has 0 aliphatic rings. The summed E-state index contributed by atoms with van der Waals surface area (Å²) in [6.45, 7) is 10.1. The van der Waals surface area contributed by atoms with Gasteiger partial charge in [0.05, 0.1) is 5.39 Å². The fraction of sp³-hybridized carbons (Fsp3) is 0.588. The first-order chi connectivity index (χ1) is 10.9. The predicted molar refractivity (Wildman–Crippen MR) is 95.4 cm³/mol. The molecule has 2 atom stereocenters. The van der Waals surface area contributed by atoms with Gasteiger partial charge in [0.25, 0.3) is 0 Å². The summed E-state index contributed by atoms with van der Waals surface area (Å²) in [5.74, 6) is 0.756. The maximum Gasteiger partial charge on any atom is 0.326 e. The number of aliphatic carboxylic acids is 1. The molecular formula is C17H25N3O2S. The van der Waals surface area contributed by atoms with Crippen molar-refractivity contribution >= 4 is 33.3 Å². The second-order valence-corrected chi connectivity index (χ2v) is 7.33. The maximum absolute atomic E-state index is 11.6. The van der Waals surface area contributed by atoms with Crippen molar-refractivity contribution in [1.29, 1.82) is 0 Å². The second kappa shape index (κ2) is 7.25. The molecule has 23 heavy (non-hydrogen) atoms. The quantitative estimate of drug-likeness (QED) is 0.789. The van der Waals surface area contributed by atoms with Crippen LogP contribution >= 0.6 is 11.3 Å². The Labute approximate surface area is 141 Å². The normalized spacial score (nSPS) is 14.2. The molecule has 0 amide bonds. The van der Waals surface area contributed by atoms with Crippen LogP contribution in [0.15, 0.2) is 6.07 Å². The molecule has 0 aliphatic heterocycles. The molecular weight excluding hydrogens is 310 g/mol. The molecule has 0 radical (unpaired) electrons. The summed E-state index contributed by atoms with van der Waals surface area (Å²) < 4.78 is 0. The second-order valence-electron chi connectivity index (χ2n) is 6.22. The van der Waals surface area contributed by atoms with Crippen molar-refractivity contribution in [1.82, 2.24) is 9.97 Å². The first-order valence-corrected chi connectivity index (χ1v) is 8.98. The highest BCUT2D eigenvalue weighted by molar-refractivity contribution is 7.18. The zero-order valence-corrected chi connectivity index (χ0v) is 15.2. The van der Waals surface area contributed by atoms with Crippen LogP contribution in [0.2, 0.25) is 0 Å². The Kier molecular flexibility index (Phi) is 5.57. The van der Waals surface area contributed by atoms with Crippen LogP contribution in [0.5, 0.6) is 0 Å². The van der Waals surface area contributed by atoms with E-state index in [-0.39, 0.29) is 11.8 Å². The number of aryl methyl sites for hydroxylation is 1. The summed E-state index contributed by atoms with van der Waals surface area (Å²) >= 11 is 1.65. The Balaban J connectivity index is 2.52. The van der Waals surface area contributed by atoms with Crippen LogP contribution in [0.3, 0.4) is 0 Å². The number of carboxylic acid groups (broad SMARTS) is 1. The maximum atomic E-state index is 11.6. The number of anilines is 1. The topological polar surface area (TPSA) is 75.1 Å². The Hall–Kier alpha value is -1.69.